The van der Waals surface area contributed by atoms with E-state index in [4.69, 9.17) is 4.74 Å². The first-order valence-corrected chi connectivity index (χ1v) is 11.2. The number of rotatable bonds is 2. The summed E-state index contributed by atoms with van der Waals surface area (Å²) >= 11 is 0. The minimum atomic E-state index is -3.85. The highest BCUT2D eigenvalue weighted by molar-refractivity contribution is 8.00. The van der Waals surface area contributed by atoms with E-state index in [0.29, 0.717) is 56.4 Å². The number of sulfonamides is 1. The van der Waals surface area contributed by atoms with Gasteiger partial charge in [0.1, 0.15) is 16.6 Å². The highest BCUT2D eigenvalue weighted by Crippen LogP contribution is 2.34. The van der Waals surface area contributed by atoms with Gasteiger partial charge in [-0.2, -0.15) is 8.42 Å². The fourth-order valence-electron chi connectivity index (χ4n) is 4.12. The van der Waals surface area contributed by atoms with E-state index < -0.39 is 15.8 Å². The van der Waals surface area contributed by atoms with Crippen molar-refractivity contribution in [2.24, 2.45) is 10.3 Å². The van der Waals surface area contributed by atoms with E-state index in [2.05, 4.69) is 4.40 Å². The van der Waals surface area contributed by atoms with Crippen LogP contribution >= 0.6 is 0 Å². The number of hydrogen-bond donors (Lipinski definition) is 0. The maximum absolute atomic E-state index is 13.2. The van der Waals surface area contributed by atoms with E-state index in [1.165, 1.54) is 24.3 Å². The Hall–Kier alpha value is -2.26. The molecule has 3 heterocycles. The predicted molar refractivity (Wildman–Crippen MR) is 107 cm³/mol. The van der Waals surface area contributed by atoms with Gasteiger partial charge in [0.05, 0.1) is 12.5 Å². The molecule has 3 aliphatic heterocycles. The van der Waals surface area contributed by atoms with Crippen LogP contribution in [-0.2, 0) is 19.6 Å². The third kappa shape index (κ3) is 3.93. The lowest BCUT2D eigenvalue weighted by molar-refractivity contribution is -0.135. The van der Waals surface area contributed by atoms with Crippen molar-refractivity contribution in [3.8, 4) is 0 Å². The van der Waals surface area contributed by atoms with Crippen LogP contribution in [0.15, 0.2) is 34.2 Å². The van der Waals surface area contributed by atoms with Crippen LogP contribution in [0.3, 0.4) is 0 Å². The monoisotopic (exact) mass is 421 g/mol. The van der Waals surface area contributed by atoms with Gasteiger partial charge in [0.2, 0.25) is 5.91 Å². The first kappa shape index (κ1) is 20.0. The quantitative estimate of drug-likeness (QED) is 0.729. The smallest absolute Gasteiger partial charge is 0.285 e. The van der Waals surface area contributed by atoms with Crippen LogP contribution in [0, 0.1) is 11.7 Å². The molecule has 0 radical (unpaired) electrons. The highest BCUT2D eigenvalue weighted by atomic mass is 32.2. The zero-order chi connectivity index (χ0) is 20.6. The Kier molecular flexibility index (Phi) is 5.44. The zero-order valence-electron chi connectivity index (χ0n) is 16.3. The van der Waals surface area contributed by atoms with Crippen LogP contribution in [0.5, 0.6) is 0 Å². The molecule has 1 aromatic carbocycles. The summed E-state index contributed by atoms with van der Waals surface area (Å²) in [5.41, 5.74) is 0.982. The summed E-state index contributed by atoms with van der Waals surface area (Å²) in [6.07, 6.45) is 1.49. The van der Waals surface area contributed by atoms with Gasteiger partial charge >= 0.3 is 0 Å². The molecule has 29 heavy (non-hydrogen) atoms. The van der Waals surface area contributed by atoms with Gasteiger partial charge in [-0.05, 0) is 37.5 Å². The Morgan fingerprint density at radius 3 is 2.62 bits per heavy atom. The van der Waals surface area contributed by atoms with Gasteiger partial charge < -0.3 is 14.5 Å². The lowest BCUT2D eigenvalue weighted by Gasteiger charge is -2.25. The number of carbonyl (C=O) groups is 1. The third-order valence-electron chi connectivity index (χ3n) is 5.63. The molecule has 0 bridgehead atoms. The molecule has 1 atom stereocenters. The molecular weight excluding hydrogens is 397 g/mol. The largest absolute Gasteiger partial charge is 0.381 e. The summed E-state index contributed by atoms with van der Waals surface area (Å²) < 4.78 is 48.0. The number of hydrogen-bond acceptors (Lipinski definition) is 5. The second-order valence-electron chi connectivity index (χ2n) is 7.58. The zero-order valence-corrected chi connectivity index (χ0v) is 17.1. The van der Waals surface area contributed by atoms with Gasteiger partial charge in [-0.1, -0.05) is 12.1 Å². The van der Waals surface area contributed by atoms with E-state index in [-0.39, 0.29) is 16.7 Å². The SMILES string of the molecule is CC1=C(c2ccc(F)cc2)S(=O)(=O)N=C1N1CCCN(C(=O)C2CCOC2)CC1. The molecule has 156 valence electrons. The predicted octanol–water partition coefficient (Wildman–Crippen LogP) is 1.87. The second kappa shape index (κ2) is 7.87. The van der Waals surface area contributed by atoms with E-state index in [1.54, 1.807) is 6.92 Å². The summed E-state index contributed by atoms with van der Waals surface area (Å²) in [7, 11) is -3.85. The number of amides is 1. The Balaban J connectivity index is 1.53. The Morgan fingerprint density at radius 2 is 1.93 bits per heavy atom. The lowest BCUT2D eigenvalue weighted by atomic mass is 10.1. The standard InChI is InChI=1S/C20H24FN3O4S/c1-14-18(15-3-5-17(21)6-4-15)29(26,27)22-19(14)23-8-2-9-24(11-10-23)20(25)16-7-12-28-13-16/h3-6,16H,2,7-13H2,1H3. The molecule has 7 nitrogen and oxygen atoms in total. The van der Waals surface area contributed by atoms with E-state index in [9.17, 15) is 17.6 Å². The van der Waals surface area contributed by atoms with Crippen LogP contribution in [0.25, 0.3) is 4.91 Å². The third-order valence-corrected chi connectivity index (χ3v) is 7.10. The first-order chi connectivity index (χ1) is 13.9. The van der Waals surface area contributed by atoms with Gasteiger partial charge in [0.25, 0.3) is 10.0 Å². The Bertz CT molecular complexity index is 966. The Labute approximate surface area is 169 Å². The minimum absolute atomic E-state index is 0.0718. The first-order valence-electron chi connectivity index (χ1n) is 9.80. The molecule has 3 aliphatic rings. The molecule has 2 fully saturated rings. The van der Waals surface area contributed by atoms with Gasteiger partial charge in [0, 0.05) is 38.4 Å². The van der Waals surface area contributed by atoms with Gasteiger partial charge in [-0.25, -0.2) is 4.39 Å². The maximum atomic E-state index is 13.2. The molecule has 0 aliphatic carbocycles. The molecule has 1 aromatic rings. The number of halogens is 1. The maximum Gasteiger partial charge on any atom is 0.285 e. The molecule has 0 saturated carbocycles. The summed E-state index contributed by atoms with van der Waals surface area (Å²) in [4.78, 5) is 16.6. The topological polar surface area (TPSA) is 79.3 Å². The molecule has 1 amide bonds. The number of benzene rings is 1. The normalized spacial score (nSPS) is 24.6. The number of ether oxygens (including phenoxy) is 1. The van der Waals surface area contributed by atoms with Gasteiger partial charge in [-0.15, -0.1) is 4.40 Å². The molecular formula is C20H24FN3O4S. The summed E-state index contributed by atoms with van der Waals surface area (Å²) in [6.45, 7) is 5.13. The second-order valence-corrected chi connectivity index (χ2v) is 9.12. The van der Waals surface area contributed by atoms with Crippen molar-refractivity contribution in [1.29, 1.82) is 0 Å². The minimum Gasteiger partial charge on any atom is -0.381 e. The van der Waals surface area contributed by atoms with Crippen molar-refractivity contribution in [3.05, 3.63) is 41.2 Å². The van der Waals surface area contributed by atoms with Crippen molar-refractivity contribution >= 4 is 26.7 Å². The number of nitrogens with zero attached hydrogens (tertiary/aromatic N) is 3. The summed E-state index contributed by atoms with van der Waals surface area (Å²) in [5.74, 6) is 0.0401. The Morgan fingerprint density at radius 1 is 1.17 bits per heavy atom. The summed E-state index contributed by atoms with van der Waals surface area (Å²) in [5, 5.41) is 0. The molecule has 4 rings (SSSR count). The van der Waals surface area contributed by atoms with Crippen LogP contribution in [0.1, 0.15) is 25.3 Å². The molecule has 9 heteroatoms. The van der Waals surface area contributed by atoms with Crippen molar-refractivity contribution in [3.63, 3.8) is 0 Å². The number of carbonyl (C=O) groups excluding carboxylic acids is 1. The summed E-state index contributed by atoms with van der Waals surface area (Å²) in [6, 6.07) is 5.39. The molecule has 2 saturated heterocycles. The van der Waals surface area contributed by atoms with E-state index >= 15 is 0 Å². The van der Waals surface area contributed by atoms with E-state index in [0.717, 1.165) is 12.8 Å². The molecule has 0 aromatic heterocycles. The van der Waals surface area contributed by atoms with Crippen molar-refractivity contribution in [1.82, 2.24) is 9.80 Å². The van der Waals surface area contributed by atoms with E-state index in [1.807, 2.05) is 9.80 Å². The molecule has 0 spiro atoms. The van der Waals surface area contributed by atoms with Crippen molar-refractivity contribution < 1.29 is 22.3 Å². The average molecular weight is 421 g/mol. The van der Waals surface area contributed by atoms with Crippen LogP contribution in [0.4, 0.5) is 4.39 Å². The highest BCUT2D eigenvalue weighted by Gasteiger charge is 2.35. The fourth-order valence-corrected chi connectivity index (χ4v) is 5.61. The van der Waals surface area contributed by atoms with Crippen LogP contribution in [0.2, 0.25) is 0 Å². The lowest BCUT2D eigenvalue weighted by Crippen LogP contribution is -2.40. The molecule has 1 unspecified atom stereocenters. The van der Waals surface area contributed by atoms with Gasteiger partial charge in [0.15, 0.2) is 0 Å². The molecule has 0 N–H and O–H groups in total. The van der Waals surface area contributed by atoms with Crippen LogP contribution in [-0.4, -0.2) is 69.4 Å². The number of amidine groups is 1. The average Bonchev–Trinajstić information content (AvgIpc) is 3.21. The van der Waals surface area contributed by atoms with Gasteiger partial charge in [-0.3, -0.25) is 4.79 Å². The van der Waals surface area contributed by atoms with Crippen LogP contribution < -0.4 is 0 Å². The van der Waals surface area contributed by atoms with Crippen molar-refractivity contribution in [2.75, 3.05) is 39.4 Å². The van der Waals surface area contributed by atoms with Crippen molar-refractivity contribution in [2.45, 2.75) is 19.8 Å². The fraction of sp³-hybridized carbons (Fsp3) is 0.500.